The van der Waals surface area contributed by atoms with E-state index in [0.29, 0.717) is 24.8 Å². The van der Waals surface area contributed by atoms with Gasteiger partial charge >= 0.3 is 0 Å². The number of aromatic nitrogens is 2. The van der Waals surface area contributed by atoms with E-state index in [-0.39, 0.29) is 13.0 Å². The zero-order valence-corrected chi connectivity index (χ0v) is 17.7. The Morgan fingerprint density at radius 2 is 2.14 bits per heavy atom. The van der Waals surface area contributed by atoms with Gasteiger partial charge in [-0.1, -0.05) is 56.4 Å². The molecule has 2 aromatic rings. The van der Waals surface area contributed by atoms with E-state index in [9.17, 15) is 9.18 Å². The molecule has 1 heterocycles. The Labute approximate surface area is 174 Å². The van der Waals surface area contributed by atoms with Crippen LogP contribution in [0.4, 0.5) is 4.39 Å². The number of nitrogens with zero attached hydrogens (tertiary/aromatic N) is 1. The van der Waals surface area contributed by atoms with E-state index < -0.39 is 0 Å². The van der Waals surface area contributed by atoms with Gasteiger partial charge in [0.1, 0.15) is 11.6 Å². The normalized spacial score (nSPS) is 11.9. The lowest BCUT2D eigenvalue weighted by Gasteiger charge is -2.07. The van der Waals surface area contributed by atoms with Gasteiger partial charge in [0.25, 0.3) is 0 Å². The first-order valence-corrected chi connectivity index (χ1v) is 10.3. The Bertz CT molecular complexity index is 912. The molecule has 1 aromatic heterocycles. The smallest absolute Gasteiger partial charge is 0.139 e. The molecule has 0 unspecified atom stereocenters. The summed E-state index contributed by atoms with van der Waals surface area (Å²) in [6.07, 6.45) is 11.9. The number of carbonyl (C=O) groups is 1. The van der Waals surface area contributed by atoms with Crippen LogP contribution in [-0.4, -0.2) is 16.0 Å². The monoisotopic (exact) mass is 396 g/mol. The lowest BCUT2D eigenvalue weighted by atomic mass is 9.97. The summed E-state index contributed by atoms with van der Waals surface area (Å²) in [6, 6.07) is 5.16. The number of unbranched alkanes of at least 4 members (excludes halogenated alkanes) is 1. The molecule has 0 spiro atoms. The molecule has 0 aliphatic carbocycles. The number of allylic oxidation sites excluding steroid dienone is 5. The number of halogens is 1. The number of carbonyl (C=O) groups excluding carboxylic acids is 1. The quantitative estimate of drug-likeness (QED) is 0.451. The number of hydrogen-bond donors (Lipinski definition) is 1. The van der Waals surface area contributed by atoms with Gasteiger partial charge in [0.05, 0.1) is 5.69 Å². The molecule has 1 N–H and O–H groups in total. The highest BCUT2D eigenvalue weighted by Crippen LogP contribution is 2.24. The number of hydrogen-bond acceptors (Lipinski definition) is 2. The highest BCUT2D eigenvalue weighted by atomic mass is 19.1. The molecule has 29 heavy (non-hydrogen) atoms. The minimum Gasteiger partial charge on any atom is -0.299 e. The zero-order valence-electron chi connectivity index (χ0n) is 17.7. The first-order valence-electron chi connectivity index (χ1n) is 10.3. The second-order valence-electron chi connectivity index (χ2n) is 7.29. The van der Waals surface area contributed by atoms with Crippen LogP contribution in [0.2, 0.25) is 0 Å². The van der Waals surface area contributed by atoms with Crippen LogP contribution in [0.25, 0.3) is 5.57 Å². The topological polar surface area (TPSA) is 45.8 Å². The molecule has 0 saturated heterocycles. The number of nitrogens with one attached hydrogen (secondary N) is 1. The number of Topliss-reactive ketones (excluding diaryl/α,β-unsaturated/α-hetero) is 1. The third-order valence-corrected chi connectivity index (χ3v) is 4.95. The molecule has 0 aliphatic heterocycles. The van der Waals surface area contributed by atoms with Gasteiger partial charge in [-0.05, 0) is 50.3 Å². The molecule has 156 valence electrons. The summed E-state index contributed by atoms with van der Waals surface area (Å²) in [4.78, 5) is 12.6. The van der Waals surface area contributed by atoms with Crippen molar-refractivity contribution in [2.24, 2.45) is 0 Å². The average Bonchev–Trinajstić information content (AvgIpc) is 3.09. The van der Waals surface area contributed by atoms with Crippen LogP contribution in [0.5, 0.6) is 0 Å². The average molecular weight is 397 g/mol. The first kappa shape index (κ1) is 22.5. The van der Waals surface area contributed by atoms with Crippen molar-refractivity contribution >= 4 is 11.4 Å². The summed E-state index contributed by atoms with van der Waals surface area (Å²) in [6.45, 7) is 9.64. The van der Waals surface area contributed by atoms with Crippen molar-refractivity contribution in [3.63, 3.8) is 0 Å². The van der Waals surface area contributed by atoms with Gasteiger partial charge in [-0.3, -0.25) is 9.89 Å². The SMILES string of the molecule is C=C/C=C(\C=C/C)c1n[nH]c(CC(=O)CCc2ccc(C)c(F)c2)c1CCCC.[HH]. The predicted molar refractivity (Wildman–Crippen MR) is 120 cm³/mol. The van der Waals surface area contributed by atoms with E-state index in [4.69, 9.17) is 0 Å². The molecule has 0 fully saturated rings. The second kappa shape index (κ2) is 11.3. The number of aromatic amines is 1. The zero-order chi connectivity index (χ0) is 21.2. The van der Waals surface area contributed by atoms with Crippen molar-refractivity contribution in [3.05, 3.63) is 83.0 Å². The van der Waals surface area contributed by atoms with Crippen LogP contribution >= 0.6 is 0 Å². The van der Waals surface area contributed by atoms with Crippen LogP contribution in [0, 0.1) is 12.7 Å². The summed E-state index contributed by atoms with van der Waals surface area (Å²) in [7, 11) is 0. The van der Waals surface area contributed by atoms with Crippen molar-refractivity contribution in [1.29, 1.82) is 0 Å². The third-order valence-electron chi connectivity index (χ3n) is 4.95. The number of ketones is 1. The maximum absolute atomic E-state index is 13.7. The van der Waals surface area contributed by atoms with Crippen LogP contribution in [-0.2, 0) is 24.1 Å². The Morgan fingerprint density at radius 3 is 2.79 bits per heavy atom. The Balaban J connectivity index is 0.00000450. The molecule has 3 nitrogen and oxygen atoms in total. The Hall–Kier alpha value is -2.75. The minimum atomic E-state index is -0.222. The molecule has 0 atom stereocenters. The fraction of sp³-hybridized carbons (Fsp3) is 0.360. The standard InChI is InChI=1S/C25H31FN2O.H2/c1-5-8-11-22-24(27-28-25(22)20(9-6-2)10-7-3)17-21(29)15-14-19-13-12-18(4)23(26)16-19;/h6-7,9-10,12-13,16H,2,5,8,11,14-15,17H2,1,3-4H3,(H,27,28);1H/b10-7-,20-9+;. The van der Waals surface area contributed by atoms with Crippen molar-refractivity contribution in [2.75, 3.05) is 0 Å². The number of H-pyrrole nitrogens is 1. The maximum Gasteiger partial charge on any atom is 0.139 e. The summed E-state index contributed by atoms with van der Waals surface area (Å²) in [5.41, 5.74) is 5.33. The lowest BCUT2D eigenvalue weighted by molar-refractivity contribution is -0.118. The van der Waals surface area contributed by atoms with Crippen LogP contribution in [0.3, 0.4) is 0 Å². The fourth-order valence-electron chi connectivity index (χ4n) is 3.29. The van der Waals surface area contributed by atoms with Gasteiger partial charge in [-0.25, -0.2) is 4.39 Å². The van der Waals surface area contributed by atoms with E-state index in [1.165, 1.54) is 6.07 Å². The van der Waals surface area contributed by atoms with Crippen LogP contribution in [0.1, 0.15) is 62.6 Å². The summed E-state index contributed by atoms with van der Waals surface area (Å²) in [5.74, 6) is -0.0975. The lowest BCUT2D eigenvalue weighted by Crippen LogP contribution is -2.07. The molecule has 0 saturated carbocycles. The third kappa shape index (κ3) is 6.38. The number of aryl methyl sites for hydroxylation is 2. The molecule has 1 aromatic carbocycles. The molecule has 0 aliphatic rings. The van der Waals surface area contributed by atoms with Crippen LogP contribution in [0.15, 0.2) is 49.1 Å². The van der Waals surface area contributed by atoms with Gasteiger partial charge in [0.2, 0.25) is 0 Å². The Kier molecular flexibility index (Phi) is 8.78. The highest BCUT2D eigenvalue weighted by Gasteiger charge is 2.17. The molecule has 4 heteroatoms. The summed E-state index contributed by atoms with van der Waals surface area (Å²) >= 11 is 0. The number of benzene rings is 1. The van der Waals surface area contributed by atoms with Gasteiger partial charge in [-0.2, -0.15) is 5.10 Å². The van der Waals surface area contributed by atoms with Gasteiger partial charge < -0.3 is 0 Å². The molecule has 0 bridgehead atoms. The van der Waals surface area contributed by atoms with Gasteiger partial charge in [-0.15, -0.1) is 0 Å². The fourth-order valence-corrected chi connectivity index (χ4v) is 3.29. The minimum absolute atomic E-state index is 0. The maximum atomic E-state index is 13.7. The van der Waals surface area contributed by atoms with E-state index in [2.05, 4.69) is 23.7 Å². The highest BCUT2D eigenvalue weighted by molar-refractivity contribution is 5.82. The predicted octanol–water partition coefficient (Wildman–Crippen LogP) is 6.34. The molecule has 2 rings (SSSR count). The van der Waals surface area contributed by atoms with Crippen LogP contribution < -0.4 is 0 Å². The van der Waals surface area contributed by atoms with Crippen molar-refractivity contribution in [1.82, 2.24) is 10.2 Å². The van der Waals surface area contributed by atoms with Gasteiger partial charge in [0, 0.05) is 31.1 Å². The number of rotatable bonds is 11. The molecular weight excluding hydrogens is 363 g/mol. The van der Waals surface area contributed by atoms with Gasteiger partial charge in [0.15, 0.2) is 0 Å². The molecular formula is C25H33FN2O. The van der Waals surface area contributed by atoms with Crippen molar-refractivity contribution in [2.45, 2.75) is 59.3 Å². The van der Waals surface area contributed by atoms with E-state index in [1.54, 1.807) is 19.1 Å². The van der Waals surface area contributed by atoms with E-state index in [1.807, 2.05) is 31.2 Å². The van der Waals surface area contributed by atoms with Crippen molar-refractivity contribution in [3.8, 4) is 0 Å². The second-order valence-corrected chi connectivity index (χ2v) is 7.29. The largest absolute Gasteiger partial charge is 0.299 e. The molecule has 0 radical (unpaired) electrons. The first-order chi connectivity index (χ1) is 14.0. The summed E-state index contributed by atoms with van der Waals surface area (Å²) < 4.78 is 13.7. The summed E-state index contributed by atoms with van der Waals surface area (Å²) in [5, 5.41) is 7.59. The van der Waals surface area contributed by atoms with E-state index in [0.717, 1.165) is 47.4 Å². The molecule has 0 amide bonds. The Morgan fingerprint density at radius 1 is 1.34 bits per heavy atom. The van der Waals surface area contributed by atoms with Crippen molar-refractivity contribution < 1.29 is 10.6 Å². The van der Waals surface area contributed by atoms with E-state index >= 15 is 0 Å².